The van der Waals surface area contributed by atoms with Gasteiger partial charge < -0.3 is 18.8 Å². The number of fused-ring (bicyclic) bond motifs is 1. The van der Waals surface area contributed by atoms with Crippen LogP contribution in [0.4, 0.5) is 5.88 Å². The van der Waals surface area contributed by atoms with Crippen LogP contribution in [0.2, 0.25) is 0 Å². The molecule has 0 atom stereocenters. The van der Waals surface area contributed by atoms with Gasteiger partial charge in [0.2, 0.25) is 0 Å². The molecule has 2 saturated heterocycles. The van der Waals surface area contributed by atoms with Crippen molar-refractivity contribution in [2.45, 2.75) is 6.42 Å². The maximum Gasteiger partial charge on any atom is 0.200 e. The maximum atomic E-state index is 12.7. The number of nitrogens with zero attached hydrogens (tertiary/aromatic N) is 2. The number of allylic oxidation sites excluding steroid dienone is 1. The van der Waals surface area contributed by atoms with E-state index >= 15 is 0 Å². The molecular weight excluding hydrogens is 388 g/mol. The lowest BCUT2D eigenvalue weighted by Gasteiger charge is -2.27. The van der Waals surface area contributed by atoms with Crippen molar-refractivity contribution in [1.29, 1.82) is 0 Å². The summed E-state index contributed by atoms with van der Waals surface area (Å²) in [5, 5.41) is 0.583. The molecule has 1 aromatic heterocycles. The summed E-state index contributed by atoms with van der Waals surface area (Å²) >= 11 is 2.01. The van der Waals surface area contributed by atoms with Gasteiger partial charge >= 0.3 is 0 Å². The minimum atomic E-state index is -0.0320. The van der Waals surface area contributed by atoms with Crippen molar-refractivity contribution in [2.75, 3.05) is 69.0 Å². The molecule has 0 radical (unpaired) electrons. The predicted octanol–water partition coefficient (Wildman–Crippen LogP) is 2.79. The number of hydrogen-bond donors (Lipinski definition) is 0. The number of thioether (sulfide) groups is 1. The first-order valence-corrected chi connectivity index (χ1v) is 11.4. The molecule has 2 aliphatic rings. The summed E-state index contributed by atoms with van der Waals surface area (Å²) in [5.41, 5.74) is 1.46. The van der Waals surface area contributed by atoms with Gasteiger partial charge in [-0.05, 0) is 18.6 Å². The number of morpholine rings is 1. The van der Waals surface area contributed by atoms with E-state index in [2.05, 4.69) is 16.4 Å². The van der Waals surface area contributed by atoms with Crippen LogP contribution in [0.3, 0.4) is 0 Å². The Hall–Kier alpha value is -1.96. The molecule has 1 aromatic carbocycles. The predicted molar refractivity (Wildman–Crippen MR) is 119 cm³/mol. The van der Waals surface area contributed by atoms with Crippen molar-refractivity contribution >= 4 is 28.6 Å². The van der Waals surface area contributed by atoms with Gasteiger partial charge in [0.15, 0.2) is 11.3 Å². The Labute approximate surface area is 175 Å². The van der Waals surface area contributed by atoms with Gasteiger partial charge in [0.1, 0.15) is 17.9 Å². The van der Waals surface area contributed by atoms with Gasteiger partial charge in [-0.3, -0.25) is 9.69 Å². The Bertz CT molecular complexity index is 902. The van der Waals surface area contributed by atoms with Gasteiger partial charge in [0.25, 0.3) is 0 Å². The number of anilines is 1. The molecule has 0 aliphatic carbocycles. The van der Waals surface area contributed by atoms with Gasteiger partial charge in [-0.15, -0.1) is 6.58 Å². The third kappa shape index (κ3) is 4.79. The molecule has 0 N–H and O–H groups in total. The molecule has 2 fully saturated rings. The van der Waals surface area contributed by atoms with E-state index in [1.165, 1.54) is 11.5 Å². The number of hydrogen-bond acceptors (Lipinski definition) is 7. The van der Waals surface area contributed by atoms with Crippen molar-refractivity contribution in [3.8, 4) is 5.75 Å². The molecular formula is C22H28N2O4S. The number of rotatable bonds is 7. The molecule has 29 heavy (non-hydrogen) atoms. The van der Waals surface area contributed by atoms with Gasteiger partial charge in [-0.2, -0.15) is 11.8 Å². The fourth-order valence-corrected chi connectivity index (χ4v) is 4.74. The standard InChI is InChI=1S/C22H28N2O4S/c1-2-3-18-20(27-13-6-23-9-14-29-15-10-23)5-4-17-19(25)16-21(28-22(17)18)24-7-11-26-12-8-24/h2,4-5,16H,1,3,6-15H2. The van der Waals surface area contributed by atoms with E-state index in [-0.39, 0.29) is 5.43 Å². The maximum absolute atomic E-state index is 12.7. The molecule has 0 unspecified atom stereocenters. The van der Waals surface area contributed by atoms with Crippen LogP contribution in [0, 0.1) is 0 Å². The molecule has 2 aliphatic heterocycles. The van der Waals surface area contributed by atoms with Crippen molar-refractivity contribution in [2.24, 2.45) is 0 Å². The monoisotopic (exact) mass is 416 g/mol. The van der Waals surface area contributed by atoms with Gasteiger partial charge in [0, 0.05) is 55.9 Å². The van der Waals surface area contributed by atoms with Crippen LogP contribution in [-0.2, 0) is 11.2 Å². The smallest absolute Gasteiger partial charge is 0.200 e. The first kappa shape index (κ1) is 20.3. The van der Waals surface area contributed by atoms with Crippen molar-refractivity contribution in [3.05, 3.63) is 46.6 Å². The largest absolute Gasteiger partial charge is 0.492 e. The van der Waals surface area contributed by atoms with E-state index in [0.717, 1.165) is 44.0 Å². The molecule has 156 valence electrons. The fraction of sp³-hybridized carbons (Fsp3) is 0.500. The third-order valence-electron chi connectivity index (χ3n) is 5.38. The second kappa shape index (κ2) is 9.69. The Morgan fingerprint density at radius 2 is 1.97 bits per heavy atom. The van der Waals surface area contributed by atoms with Crippen molar-refractivity contribution < 1.29 is 13.9 Å². The van der Waals surface area contributed by atoms with Crippen LogP contribution in [0.1, 0.15) is 5.56 Å². The van der Waals surface area contributed by atoms with E-state index in [9.17, 15) is 4.79 Å². The van der Waals surface area contributed by atoms with Crippen LogP contribution < -0.4 is 15.1 Å². The van der Waals surface area contributed by atoms with E-state index in [4.69, 9.17) is 13.9 Å². The molecule has 0 bridgehead atoms. The lowest BCUT2D eigenvalue weighted by molar-refractivity contribution is 0.121. The number of ether oxygens (including phenoxy) is 2. The summed E-state index contributed by atoms with van der Waals surface area (Å²) in [6.07, 6.45) is 2.41. The molecule has 7 heteroatoms. The highest BCUT2D eigenvalue weighted by atomic mass is 32.2. The first-order chi connectivity index (χ1) is 14.3. The van der Waals surface area contributed by atoms with E-state index < -0.39 is 0 Å². The van der Waals surface area contributed by atoms with Crippen LogP contribution >= 0.6 is 11.8 Å². The SMILES string of the molecule is C=CCc1c(OCCN2CCSCC2)ccc2c(=O)cc(N3CCOCC3)oc12. The minimum Gasteiger partial charge on any atom is -0.492 e. The second-order valence-electron chi connectivity index (χ2n) is 7.26. The minimum absolute atomic E-state index is 0.0320. The zero-order valence-electron chi connectivity index (χ0n) is 16.7. The highest BCUT2D eigenvalue weighted by Gasteiger charge is 2.19. The topological polar surface area (TPSA) is 55.2 Å². The summed E-state index contributed by atoms with van der Waals surface area (Å²) < 4.78 is 17.8. The van der Waals surface area contributed by atoms with E-state index in [1.54, 1.807) is 6.07 Å². The van der Waals surface area contributed by atoms with Crippen LogP contribution in [0.25, 0.3) is 11.0 Å². The van der Waals surface area contributed by atoms with Crippen LogP contribution in [0.15, 0.2) is 40.1 Å². The summed E-state index contributed by atoms with van der Waals surface area (Å²) in [5.74, 6) is 3.74. The zero-order valence-corrected chi connectivity index (χ0v) is 17.5. The third-order valence-corrected chi connectivity index (χ3v) is 6.33. The average Bonchev–Trinajstić information content (AvgIpc) is 2.76. The van der Waals surface area contributed by atoms with Gasteiger partial charge in [-0.25, -0.2) is 0 Å². The Morgan fingerprint density at radius 1 is 1.17 bits per heavy atom. The van der Waals surface area contributed by atoms with Crippen LogP contribution in [-0.4, -0.2) is 69.0 Å². The van der Waals surface area contributed by atoms with E-state index in [0.29, 0.717) is 43.1 Å². The lowest BCUT2D eigenvalue weighted by Crippen LogP contribution is -2.36. The van der Waals surface area contributed by atoms with Gasteiger partial charge in [0.05, 0.1) is 18.6 Å². The second-order valence-corrected chi connectivity index (χ2v) is 8.49. The highest BCUT2D eigenvalue weighted by Crippen LogP contribution is 2.30. The molecule has 0 saturated carbocycles. The molecule has 0 amide bonds. The van der Waals surface area contributed by atoms with E-state index in [1.807, 2.05) is 30.0 Å². The fourth-order valence-electron chi connectivity index (χ4n) is 3.77. The normalized spacial score (nSPS) is 18.1. The lowest BCUT2D eigenvalue weighted by atomic mass is 10.1. The quantitative estimate of drug-likeness (QED) is 0.644. The summed E-state index contributed by atoms with van der Waals surface area (Å²) in [4.78, 5) is 17.2. The van der Waals surface area contributed by atoms with Gasteiger partial charge in [-0.1, -0.05) is 6.08 Å². The average molecular weight is 417 g/mol. The molecule has 2 aromatic rings. The zero-order chi connectivity index (χ0) is 20.1. The Balaban J connectivity index is 1.60. The number of benzene rings is 1. The van der Waals surface area contributed by atoms with Crippen molar-refractivity contribution in [1.82, 2.24) is 4.90 Å². The first-order valence-electron chi connectivity index (χ1n) is 10.2. The summed E-state index contributed by atoms with van der Waals surface area (Å²) in [7, 11) is 0. The Morgan fingerprint density at radius 3 is 2.72 bits per heavy atom. The highest BCUT2D eigenvalue weighted by molar-refractivity contribution is 7.99. The van der Waals surface area contributed by atoms with Crippen molar-refractivity contribution in [3.63, 3.8) is 0 Å². The summed E-state index contributed by atoms with van der Waals surface area (Å²) in [6.45, 7) is 10.3. The molecule has 4 rings (SSSR count). The van der Waals surface area contributed by atoms with Crippen LogP contribution in [0.5, 0.6) is 5.75 Å². The molecule has 0 spiro atoms. The molecule has 3 heterocycles. The molecule has 6 nitrogen and oxygen atoms in total. The Kier molecular flexibility index (Phi) is 6.79. The summed E-state index contributed by atoms with van der Waals surface area (Å²) in [6, 6.07) is 5.28.